The third kappa shape index (κ3) is 5.73. The Labute approximate surface area is 221 Å². The minimum absolute atomic E-state index is 0.760. The summed E-state index contributed by atoms with van der Waals surface area (Å²) in [5.74, 6) is 1.58. The summed E-state index contributed by atoms with van der Waals surface area (Å²) in [6, 6.07) is 26.1. The number of aromatic nitrogens is 3. The van der Waals surface area contributed by atoms with Crippen LogP contribution in [0.1, 0.15) is 0 Å². The zero-order chi connectivity index (χ0) is 26.3. The molecule has 2 heterocycles. The van der Waals surface area contributed by atoms with Crippen LogP contribution in [0.5, 0.6) is 0 Å². The van der Waals surface area contributed by atoms with E-state index in [9.17, 15) is 0 Å². The molecular weight excluding hydrogens is 474 g/mol. The summed E-state index contributed by atoms with van der Waals surface area (Å²) in [4.78, 5) is 0. The summed E-state index contributed by atoms with van der Waals surface area (Å²) < 4.78 is 5.80. The largest absolute Gasteiger partial charge is 0.421 e. The van der Waals surface area contributed by atoms with Crippen molar-refractivity contribution in [2.45, 2.75) is 0 Å². The standard InChI is InChI=1S/C29H29N9/c1-36-19-7-6-10-28(36)34-33-27-16-15-26(24-8-4-5-9-25(24)27)31-18-17-30-22-11-13-23(14-12-22)32-35-29-37(2)20-21-38(29)3/h4-16,19-21H,17-18H2,1-3H3/p+2. The fourth-order valence-corrected chi connectivity index (χ4v) is 4.12. The topological polar surface area (TPSA) is 86.2 Å². The summed E-state index contributed by atoms with van der Waals surface area (Å²) in [6.45, 7) is 1.52. The molecule has 0 radical (unpaired) electrons. The fraction of sp³-hybridized carbons (Fsp3) is 0.172. The zero-order valence-corrected chi connectivity index (χ0v) is 21.8. The summed E-state index contributed by atoms with van der Waals surface area (Å²) >= 11 is 0. The van der Waals surface area contributed by atoms with E-state index in [4.69, 9.17) is 0 Å². The van der Waals surface area contributed by atoms with Gasteiger partial charge >= 0.3 is 11.8 Å². The van der Waals surface area contributed by atoms with Crippen LogP contribution in [0.2, 0.25) is 0 Å². The molecule has 3 aromatic carbocycles. The predicted octanol–water partition coefficient (Wildman–Crippen LogP) is 6.18. The lowest BCUT2D eigenvalue weighted by Crippen LogP contribution is -2.26. The highest BCUT2D eigenvalue weighted by Gasteiger charge is 2.11. The number of rotatable bonds is 9. The van der Waals surface area contributed by atoms with Crippen molar-refractivity contribution in [1.29, 1.82) is 0 Å². The van der Waals surface area contributed by atoms with Gasteiger partial charge < -0.3 is 10.6 Å². The first kappa shape index (κ1) is 24.8. The van der Waals surface area contributed by atoms with Crippen molar-refractivity contribution in [3.05, 3.63) is 97.5 Å². The van der Waals surface area contributed by atoms with E-state index < -0.39 is 0 Å². The van der Waals surface area contributed by atoms with Gasteiger partial charge in [-0.15, -0.1) is 0 Å². The molecular formula is C29H31N9+2. The van der Waals surface area contributed by atoms with Gasteiger partial charge in [0, 0.05) is 46.4 Å². The molecule has 0 bridgehead atoms. The molecule has 5 aromatic rings. The molecule has 0 saturated carbocycles. The number of nitrogens with one attached hydrogen (secondary N) is 2. The van der Waals surface area contributed by atoms with Gasteiger partial charge in [-0.1, -0.05) is 35.4 Å². The van der Waals surface area contributed by atoms with E-state index in [1.807, 2.05) is 114 Å². The molecule has 0 atom stereocenters. The van der Waals surface area contributed by atoms with Crippen LogP contribution in [0.15, 0.2) is 118 Å². The van der Waals surface area contributed by atoms with Crippen LogP contribution >= 0.6 is 0 Å². The van der Waals surface area contributed by atoms with Gasteiger partial charge in [0.1, 0.15) is 11.4 Å². The molecule has 0 unspecified atom stereocenters. The lowest BCUT2D eigenvalue weighted by atomic mass is 10.1. The Hall–Kier alpha value is -4.92. The summed E-state index contributed by atoms with van der Waals surface area (Å²) in [5.41, 5.74) is 3.74. The number of hydrogen-bond donors (Lipinski definition) is 2. The van der Waals surface area contributed by atoms with Crippen LogP contribution in [0.3, 0.4) is 0 Å². The fourth-order valence-electron chi connectivity index (χ4n) is 4.12. The molecule has 0 amide bonds. The number of pyridine rings is 1. The zero-order valence-electron chi connectivity index (χ0n) is 21.8. The van der Waals surface area contributed by atoms with E-state index in [1.165, 1.54) is 0 Å². The second-order valence-corrected chi connectivity index (χ2v) is 8.97. The molecule has 9 nitrogen and oxygen atoms in total. The van der Waals surface area contributed by atoms with Crippen molar-refractivity contribution in [1.82, 2.24) is 4.57 Å². The Morgan fingerprint density at radius 2 is 1.45 bits per heavy atom. The van der Waals surface area contributed by atoms with Crippen LogP contribution in [0, 0.1) is 0 Å². The molecule has 190 valence electrons. The van der Waals surface area contributed by atoms with E-state index in [2.05, 4.69) is 49.3 Å². The highest BCUT2D eigenvalue weighted by molar-refractivity contribution is 6.00. The van der Waals surface area contributed by atoms with E-state index >= 15 is 0 Å². The third-order valence-electron chi connectivity index (χ3n) is 6.23. The Morgan fingerprint density at radius 1 is 0.684 bits per heavy atom. The number of benzene rings is 3. The van der Waals surface area contributed by atoms with E-state index in [-0.39, 0.29) is 0 Å². The molecule has 0 aliphatic rings. The van der Waals surface area contributed by atoms with Crippen molar-refractivity contribution in [3.63, 3.8) is 0 Å². The van der Waals surface area contributed by atoms with E-state index in [1.54, 1.807) is 0 Å². The molecule has 5 rings (SSSR count). The summed E-state index contributed by atoms with van der Waals surface area (Å²) in [7, 11) is 5.85. The number of azo groups is 2. The van der Waals surface area contributed by atoms with Crippen LogP contribution in [0.25, 0.3) is 10.8 Å². The van der Waals surface area contributed by atoms with Gasteiger partial charge in [-0.05, 0) is 47.6 Å². The van der Waals surface area contributed by atoms with Crippen LogP contribution in [-0.4, -0.2) is 17.7 Å². The minimum atomic E-state index is 0.760. The van der Waals surface area contributed by atoms with Gasteiger partial charge in [0.05, 0.1) is 44.8 Å². The first-order chi connectivity index (χ1) is 18.6. The molecule has 0 aliphatic heterocycles. The van der Waals surface area contributed by atoms with Crippen LogP contribution in [-0.2, 0) is 21.1 Å². The minimum Gasteiger partial charge on any atom is -0.383 e. The Bertz CT molecular complexity index is 1580. The maximum Gasteiger partial charge on any atom is 0.421 e. The van der Waals surface area contributed by atoms with E-state index in [0.29, 0.717) is 0 Å². The van der Waals surface area contributed by atoms with Crippen LogP contribution < -0.4 is 19.8 Å². The lowest BCUT2D eigenvalue weighted by Gasteiger charge is -2.12. The van der Waals surface area contributed by atoms with Crippen molar-refractivity contribution in [2.24, 2.45) is 41.6 Å². The quantitative estimate of drug-likeness (QED) is 0.142. The molecule has 0 saturated heterocycles. The first-order valence-corrected chi connectivity index (χ1v) is 12.5. The average Bonchev–Trinajstić information content (AvgIpc) is 3.27. The van der Waals surface area contributed by atoms with Gasteiger partial charge in [-0.25, -0.2) is 13.7 Å². The molecule has 0 fully saturated rings. The van der Waals surface area contributed by atoms with Gasteiger partial charge in [-0.2, -0.15) is 0 Å². The average molecular weight is 506 g/mol. The number of aryl methyl sites for hydroxylation is 3. The van der Waals surface area contributed by atoms with Crippen LogP contribution in [0.4, 0.5) is 34.5 Å². The SMILES string of the molecule is Cn1cc[n+](C)c1/N=N/c1ccc(NCCNc2ccc(/N=N/c3cccc[n+]3C)c3ccccc23)cc1. The number of fused-ring (bicyclic) bond motifs is 1. The monoisotopic (exact) mass is 505 g/mol. The number of imidazole rings is 1. The maximum absolute atomic E-state index is 4.53. The summed E-state index contributed by atoms with van der Waals surface area (Å²) in [6.07, 6.45) is 5.85. The third-order valence-corrected chi connectivity index (χ3v) is 6.23. The Kier molecular flexibility index (Phi) is 7.44. The van der Waals surface area contributed by atoms with Crippen molar-refractivity contribution in [2.75, 3.05) is 23.7 Å². The number of hydrogen-bond acceptors (Lipinski definition) is 6. The number of nitrogens with zero attached hydrogens (tertiary/aromatic N) is 7. The molecule has 0 aliphatic carbocycles. The van der Waals surface area contributed by atoms with E-state index in [0.717, 1.165) is 58.4 Å². The van der Waals surface area contributed by atoms with Crippen molar-refractivity contribution < 1.29 is 9.13 Å². The van der Waals surface area contributed by atoms with Gasteiger partial charge in [0.2, 0.25) is 0 Å². The molecule has 2 aromatic heterocycles. The normalized spacial score (nSPS) is 11.6. The Morgan fingerprint density at radius 3 is 2.21 bits per heavy atom. The van der Waals surface area contributed by atoms with Crippen molar-refractivity contribution >= 4 is 45.3 Å². The summed E-state index contributed by atoms with van der Waals surface area (Å²) in [5, 5.41) is 26.8. The molecule has 38 heavy (non-hydrogen) atoms. The Balaban J connectivity index is 1.19. The lowest BCUT2D eigenvalue weighted by molar-refractivity contribution is -0.658. The molecule has 0 spiro atoms. The smallest absolute Gasteiger partial charge is 0.383 e. The second-order valence-electron chi connectivity index (χ2n) is 8.97. The van der Waals surface area contributed by atoms with Gasteiger partial charge in [-0.3, -0.25) is 0 Å². The first-order valence-electron chi connectivity index (χ1n) is 12.5. The highest BCUT2D eigenvalue weighted by atomic mass is 15.3. The van der Waals surface area contributed by atoms with Gasteiger partial charge in [0.25, 0.3) is 0 Å². The number of anilines is 2. The highest BCUT2D eigenvalue weighted by Crippen LogP contribution is 2.32. The maximum atomic E-state index is 4.53. The molecule has 2 N–H and O–H groups in total. The molecule has 9 heteroatoms. The van der Waals surface area contributed by atoms with Gasteiger partial charge in [0.15, 0.2) is 0 Å². The van der Waals surface area contributed by atoms with Crippen molar-refractivity contribution in [3.8, 4) is 0 Å². The predicted molar refractivity (Wildman–Crippen MR) is 150 cm³/mol. The second kappa shape index (κ2) is 11.4.